The van der Waals surface area contributed by atoms with E-state index >= 15 is 0 Å². The number of benzene rings is 1. The second kappa shape index (κ2) is 6.72. The maximum atomic E-state index is 13.2. The van der Waals surface area contributed by atoms with E-state index in [0.717, 1.165) is 59.8 Å². The zero-order valence-corrected chi connectivity index (χ0v) is 14.1. The molecule has 1 aromatic carbocycles. The summed E-state index contributed by atoms with van der Waals surface area (Å²) < 4.78 is 13.2. The van der Waals surface area contributed by atoms with Crippen molar-refractivity contribution in [2.24, 2.45) is 0 Å². The van der Waals surface area contributed by atoms with E-state index in [9.17, 15) is 4.39 Å². The Kier molecular flexibility index (Phi) is 4.28. The van der Waals surface area contributed by atoms with Gasteiger partial charge in [0.25, 0.3) is 0 Å². The number of aromatic amines is 1. The van der Waals surface area contributed by atoms with Gasteiger partial charge in [0.2, 0.25) is 0 Å². The van der Waals surface area contributed by atoms with Gasteiger partial charge in [0.1, 0.15) is 11.6 Å². The molecular formula is C19H20FN5. The van der Waals surface area contributed by atoms with Crippen LogP contribution in [0.25, 0.3) is 22.4 Å². The summed E-state index contributed by atoms with van der Waals surface area (Å²) in [6.07, 6.45) is 5.77. The zero-order valence-electron chi connectivity index (χ0n) is 14.1. The minimum atomic E-state index is -0.250. The number of nitrogens with one attached hydrogen (secondary N) is 2. The van der Waals surface area contributed by atoms with Gasteiger partial charge in [-0.15, -0.1) is 0 Å². The Morgan fingerprint density at radius 1 is 1.04 bits per heavy atom. The van der Waals surface area contributed by atoms with Crippen molar-refractivity contribution in [3.63, 3.8) is 0 Å². The Morgan fingerprint density at radius 3 is 2.52 bits per heavy atom. The predicted molar refractivity (Wildman–Crippen MR) is 94.6 cm³/mol. The van der Waals surface area contributed by atoms with Crippen LogP contribution in [0.2, 0.25) is 0 Å². The van der Waals surface area contributed by atoms with E-state index in [-0.39, 0.29) is 5.82 Å². The molecule has 5 nitrogen and oxygen atoms in total. The molecule has 0 bridgehead atoms. The summed E-state index contributed by atoms with van der Waals surface area (Å²) in [6, 6.07) is 6.41. The molecule has 1 aliphatic heterocycles. The fourth-order valence-corrected chi connectivity index (χ4v) is 3.35. The summed E-state index contributed by atoms with van der Waals surface area (Å²) in [5.74, 6) is 1.09. The van der Waals surface area contributed by atoms with Crippen LogP contribution >= 0.6 is 0 Å². The molecule has 3 aromatic rings. The van der Waals surface area contributed by atoms with Gasteiger partial charge in [-0.3, -0.25) is 5.10 Å². The number of aryl methyl sites for hydroxylation is 1. The Bertz CT molecular complexity index is 866. The number of hydrogen-bond acceptors (Lipinski definition) is 4. The maximum Gasteiger partial charge on any atom is 0.131 e. The molecule has 6 heteroatoms. The minimum Gasteiger partial charge on any atom is -0.317 e. The second-order valence-electron chi connectivity index (χ2n) is 6.42. The first-order valence-corrected chi connectivity index (χ1v) is 8.56. The molecule has 1 saturated heterocycles. The molecule has 25 heavy (non-hydrogen) atoms. The third-order valence-electron chi connectivity index (χ3n) is 4.77. The van der Waals surface area contributed by atoms with Crippen molar-refractivity contribution in [2.75, 3.05) is 13.1 Å². The molecule has 0 spiro atoms. The molecule has 128 valence electrons. The minimum absolute atomic E-state index is 0.250. The quantitative estimate of drug-likeness (QED) is 0.768. The van der Waals surface area contributed by atoms with E-state index in [1.807, 2.05) is 13.1 Å². The molecule has 0 atom stereocenters. The van der Waals surface area contributed by atoms with Gasteiger partial charge in [0.15, 0.2) is 0 Å². The molecule has 1 fully saturated rings. The van der Waals surface area contributed by atoms with Crippen LogP contribution in [-0.4, -0.2) is 33.3 Å². The lowest BCUT2D eigenvalue weighted by Crippen LogP contribution is -2.27. The van der Waals surface area contributed by atoms with Gasteiger partial charge < -0.3 is 5.32 Å². The number of piperidine rings is 1. The number of H-pyrrole nitrogens is 1. The van der Waals surface area contributed by atoms with Crippen LogP contribution in [0.5, 0.6) is 0 Å². The van der Waals surface area contributed by atoms with E-state index in [2.05, 4.69) is 20.5 Å². The first kappa shape index (κ1) is 15.9. The van der Waals surface area contributed by atoms with Gasteiger partial charge in [-0.05, 0) is 50.6 Å². The van der Waals surface area contributed by atoms with Gasteiger partial charge in [-0.1, -0.05) is 12.1 Å². The summed E-state index contributed by atoms with van der Waals surface area (Å²) in [5.41, 5.74) is 4.54. The number of nitrogens with zero attached hydrogens (tertiary/aromatic N) is 3. The Hall–Kier alpha value is -2.60. The molecular weight excluding hydrogens is 317 g/mol. The van der Waals surface area contributed by atoms with E-state index in [1.165, 1.54) is 12.1 Å². The van der Waals surface area contributed by atoms with Gasteiger partial charge >= 0.3 is 0 Å². The van der Waals surface area contributed by atoms with Crippen molar-refractivity contribution in [3.8, 4) is 22.4 Å². The van der Waals surface area contributed by atoms with Crippen molar-refractivity contribution in [1.29, 1.82) is 0 Å². The van der Waals surface area contributed by atoms with Crippen molar-refractivity contribution in [1.82, 2.24) is 25.5 Å². The van der Waals surface area contributed by atoms with Crippen LogP contribution in [0.1, 0.15) is 30.3 Å². The Morgan fingerprint density at radius 2 is 1.80 bits per heavy atom. The number of aromatic nitrogens is 4. The van der Waals surface area contributed by atoms with E-state index in [4.69, 9.17) is 4.98 Å². The summed E-state index contributed by atoms with van der Waals surface area (Å²) >= 11 is 0. The smallest absolute Gasteiger partial charge is 0.131 e. The van der Waals surface area contributed by atoms with Crippen molar-refractivity contribution >= 4 is 0 Å². The van der Waals surface area contributed by atoms with Gasteiger partial charge in [-0.25, -0.2) is 14.4 Å². The lowest BCUT2D eigenvalue weighted by atomic mass is 9.96. The van der Waals surface area contributed by atoms with Crippen LogP contribution in [0.3, 0.4) is 0 Å². The highest BCUT2D eigenvalue weighted by molar-refractivity contribution is 5.80. The molecule has 0 unspecified atom stereocenters. The molecule has 0 amide bonds. The fourth-order valence-electron chi connectivity index (χ4n) is 3.35. The van der Waals surface area contributed by atoms with E-state index in [1.54, 1.807) is 18.3 Å². The normalized spacial score (nSPS) is 15.4. The summed E-state index contributed by atoms with van der Waals surface area (Å²) in [6.45, 7) is 4.03. The highest BCUT2D eigenvalue weighted by Gasteiger charge is 2.20. The summed E-state index contributed by atoms with van der Waals surface area (Å²) in [4.78, 5) is 9.38. The van der Waals surface area contributed by atoms with Gasteiger partial charge in [0.05, 0.1) is 17.6 Å². The van der Waals surface area contributed by atoms with Crippen LogP contribution in [-0.2, 0) is 0 Å². The molecule has 4 rings (SSSR count). The number of halogens is 1. The highest BCUT2D eigenvalue weighted by atomic mass is 19.1. The average molecular weight is 337 g/mol. The molecule has 1 aliphatic rings. The van der Waals surface area contributed by atoms with Crippen LogP contribution < -0.4 is 5.32 Å². The van der Waals surface area contributed by atoms with Crippen molar-refractivity contribution < 1.29 is 4.39 Å². The number of rotatable bonds is 3. The average Bonchev–Trinajstić information content (AvgIpc) is 3.12. The summed E-state index contributed by atoms with van der Waals surface area (Å²) in [7, 11) is 0. The monoisotopic (exact) mass is 337 g/mol. The van der Waals surface area contributed by atoms with Gasteiger partial charge in [-0.2, -0.15) is 5.10 Å². The van der Waals surface area contributed by atoms with Crippen LogP contribution in [0, 0.1) is 12.7 Å². The molecule has 2 aromatic heterocycles. The maximum absolute atomic E-state index is 13.2. The van der Waals surface area contributed by atoms with E-state index in [0.29, 0.717) is 5.92 Å². The standard InChI is InChI=1S/C19H20FN5/c1-12-16(10-22-19(24-12)14-6-8-21-9-7-14)18-17(11-23-25-18)13-2-4-15(20)5-3-13/h2-5,10-11,14,21H,6-9H2,1H3,(H,23,25). The Labute approximate surface area is 145 Å². The van der Waals surface area contributed by atoms with Crippen LogP contribution in [0.15, 0.2) is 36.7 Å². The topological polar surface area (TPSA) is 66.5 Å². The second-order valence-corrected chi connectivity index (χ2v) is 6.42. The highest BCUT2D eigenvalue weighted by Crippen LogP contribution is 2.32. The van der Waals surface area contributed by atoms with Crippen LogP contribution in [0.4, 0.5) is 4.39 Å². The first-order chi connectivity index (χ1) is 12.2. The largest absolute Gasteiger partial charge is 0.317 e. The third-order valence-corrected chi connectivity index (χ3v) is 4.77. The first-order valence-electron chi connectivity index (χ1n) is 8.56. The number of hydrogen-bond donors (Lipinski definition) is 2. The van der Waals surface area contributed by atoms with Gasteiger partial charge in [0, 0.05) is 23.2 Å². The molecule has 3 heterocycles. The predicted octanol–water partition coefficient (Wildman–Crippen LogP) is 3.45. The van der Waals surface area contributed by atoms with E-state index < -0.39 is 0 Å². The summed E-state index contributed by atoms with van der Waals surface area (Å²) in [5, 5.41) is 10.6. The Balaban J connectivity index is 1.69. The van der Waals surface area contributed by atoms with Crippen molar-refractivity contribution in [3.05, 3.63) is 54.0 Å². The fraction of sp³-hybridized carbons (Fsp3) is 0.316. The molecule has 0 aliphatic carbocycles. The lowest BCUT2D eigenvalue weighted by Gasteiger charge is -2.21. The van der Waals surface area contributed by atoms with Crippen molar-refractivity contribution in [2.45, 2.75) is 25.7 Å². The molecule has 2 N–H and O–H groups in total. The zero-order chi connectivity index (χ0) is 17.2. The third kappa shape index (κ3) is 3.17. The lowest BCUT2D eigenvalue weighted by molar-refractivity contribution is 0.444. The molecule has 0 saturated carbocycles. The SMILES string of the molecule is Cc1nc(C2CCNCC2)ncc1-c1[nH]ncc1-c1ccc(F)cc1. The molecule has 0 radical (unpaired) electrons.